The maximum absolute atomic E-state index is 13.0. The molecule has 0 spiro atoms. The molecule has 0 saturated carbocycles. The average molecular weight is 423 g/mol. The van der Waals surface area contributed by atoms with Crippen molar-refractivity contribution in [3.8, 4) is 0 Å². The fourth-order valence-corrected chi connectivity index (χ4v) is 4.06. The molecular weight excluding hydrogens is 396 g/mol. The van der Waals surface area contributed by atoms with Gasteiger partial charge in [0.2, 0.25) is 10.0 Å². The molecule has 5 nitrogen and oxygen atoms in total. The van der Waals surface area contributed by atoms with Gasteiger partial charge >= 0.3 is 0 Å². The van der Waals surface area contributed by atoms with Crippen LogP contribution in [0.5, 0.6) is 0 Å². The van der Waals surface area contributed by atoms with Crippen molar-refractivity contribution in [2.45, 2.75) is 44.4 Å². The summed E-state index contributed by atoms with van der Waals surface area (Å²) in [6, 6.07) is 10.1. The molecule has 0 unspecified atom stereocenters. The van der Waals surface area contributed by atoms with Crippen LogP contribution in [0.1, 0.15) is 61.0 Å². The van der Waals surface area contributed by atoms with Crippen molar-refractivity contribution in [2.24, 2.45) is 0 Å². The molecule has 28 heavy (non-hydrogen) atoms. The van der Waals surface area contributed by atoms with Crippen LogP contribution in [-0.4, -0.2) is 32.7 Å². The van der Waals surface area contributed by atoms with E-state index in [2.05, 4.69) is 33.0 Å². The van der Waals surface area contributed by atoms with Crippen LogP contribution in [0, 0.1) is 0 Å². The summed E-state index contributed by atoms with van der Waals surface area (Å²) in [5.74, 6) is -0.00865. The Labute approximate surface area is 172 Å². The maximum Gasteiger partial charge on any atom is 0.257 e. The molecule has 0 bridgehead atoms. The number of amides is 1. The Bertz CT molecular complexity index is 957. The largest absolute Gasteiger partial charge is 0.321 e. The van der Waals surface area contributed by atoms with Crippen LogP contribution in [-0.2, 0) is 10.0 Å². The Morgan fingerprint density at radius 1 is 1.00 bits per heavy atom. The minimum Gasteiger partial charge on any atom is -0.321 e. The van der Waals surface area contributed by atoms with Gasteiger partial charge in [0.05, 0.1) is 15.5 Å². The van der Waals surface area contributed by atoms with E-state index in [1.807, 2.05) is 18.2 Å². The van der Waals surface area contributed by atoms with Crippen molar-refractivity contribution in [1.82, 2.24) is 4.31 Å². The minimum atomic E-state index is -3.67. The van der Waals surface area contributed by atoms with Crippen molar-refractivity contribution >= 4 is 33.2 Å². The number of hydrogen-bond acceptors (Lipinski definition) is 3. The highest BCUT2D eigenvalue weighted by molar-refractivity contribution is 7.89. The Hall–Kier alpha value is -1.89. The number of nitrogens with zero attached hydrogens (tertiary/aromatic N) is 1. The Balaban J connectivity index is 2.53. The zero-order chi connectivity index (χ0) is 21.2. The van der Waals surface area contributed by atoms with E-state index < -0.39 is 15.9 Å². The predicted octanol–water partition coefficient (Wildman–Crippen LogP) is 5.09. The molecule has 2 aromatic carbocycles. The van der Waals surface area contributed by atoms with E-state index >= 15 is 0 Å². The first kappa shape index (κ1) is 22.4. The Kier molecular flexibility index (Phi) is 6.91. The summed E-state index contributed by atoms with van der Waals surface area (Å²) in [7, 11) is -0.787. The molecule has 2 aromatic rings. The molecule has 0 fully saturated rings. The second-order valence-electron chi connectivity index (χ2n) is 7.50. The van der Waals surface area contributed by atoms with Crippen LogP contribution < -0.4 is 5.32 Å². The first-order valence-electron chi connectivity index (χ1n) is 9.13. The SMILES string of the molecule is CC(C)c1cccc(C(C)C)c1NC(=O)c1cc(S(=O)(=O)N(C)C)ccc1Cl. The lowest BCUT2D eigenvalue weighted by molar-refractivity contribution is 0.102. The lowest BCUT2D eigenvalue weighted by Gasteiger charge is -2.20. The topological polar surface area (TPSA) is 66.5 Å². The van der Waals surface area contributed by atoms with Crippen LogP contribution in [0.15, 0.2) is 41.3 Å². The van der Waals surface area contributed by atoms with Gasteiger partial charge in [-0.3, -0.25) is 4.79 Å². The molecule has 0 aromatic heterocycles. The summed E-state index contributed by atoms with van der Waals surface area (Å²) in [6.45, 7) is 8.25. The van der Waals surface area contributed by atoms with Crippen LogP contribution in [0.25, 0.3) is 0 Å². The van der Waals surface area contributed by atoms with E-state index in [-0.39, 0.29) is 27.3 Å². The lowest BCUT2D eigenvalue weighted by Crippen LogP contribution is -2.23. The summed E-state index contributed by atoms with van der Waals surface area (Å²) in [6.07, 6.45) is 0. The zero-order valence-corrected chi connectivity index (χ0v) is 18.6. The molecule has 0 aliphatic heterocycles. The highest BCUT2D eigenvalue weighted by atomic mass is 35.5. The molecular formula is C21H27ClN2O3S. The Morgan fingerprint density at radius 3 is 2.00 bits per heavy atom. The van der Waals surface area contributed by atoms with Crippen LogP contribution in [0.2, 0.25) is 5.02 Å². The summed E-state index contributed by atoms with van der Waals surface area (Å²) in [5.41, 5.74) is 2.92. The van der Waals surface area contributed by atoms with Crippen molar-refractivity contribution in [3.05, 3.63) is 58.1 Å². The number of nitrogens with one attached hydrogen (secondary N) is 1. The second-order valence-corrected chi connectivity index (χ2v) is 10.1. The number of hydrogen-bond donors (Lipinski definition) is 1. The summed E-state index contributed by atoms with van der Waals surface area (Å²) >= 11 is 6.22. The third kappa shape index (κ3) is 4.57. The number of carbonyl (C=O) groups is 1. The van der Waals surface area contributed by atoms with Gasteiger partial charge in [-0.25, -0.2) is 12.7 Å². The van der Waals surface area contributed by atoms with Gasteiger partial charge in [0.25, 0.3) is 5.91 Å². The number of anilines is 1. The van der Waals surface area contributed by atoms with E-state index in [0.29, 0.717) is 0 Å². The van der Waals surface area contributed by atoms with Crippen LogP contribution in [0.3, 0.4) is 0 Å². The smallest absolute Gasteiger partial charge is 0.257 e. The van der Waals surface area contributed by atoms with Gasteiger partial charge in [0.15, 0.2) is 0 Å². The van der Waals surface area contributed by atoms with Crippen molar-refractivity contribution < 1.29 is 13.2 Å². The fraction of sp³-hybridized carbons (Fsp3) is 0.381. The lowest BCUT2D eigenvalue weighted by atomic mass is 9.92. The number of sulfonamides is 1. The van der Waals surface area contributed by atoms with Crippen LogP contribution in [0.4, 0.5) is 5.69 Å². The first-order chi connectivity index (χ1) is 13.0. The third-order valence-corrected chi connectivity index (χ3v) is 6.71. The van der Waals surface area contributed by atoms with E-state index in [1.54, 1.807) is 0 Å². The quantitative estimate of drug-likeness (QED) is 0.705. The molecule has 1 amide bonds. The van der Waals surface area contributed by atoms with Gasteiger partial charge < -0.3 is 5.32 Å². The normalized spacial score (nSPS) is 12.1. The molecule has 0 radical (unpaired) electrons. The van der Waals surface area contributed by atoms with Gasteiger partial charge in [-0.1, -0.05) is 57.5 Å². The first-order valence-corrected chi connectivity index (χ1v) is 10.9. The van der Waals surface area contributed by atoms with E-state index in [4.69, 9.17) is 11.6 Å². The fourth-order valence-electron chi connectivity index (χ4n) is 2.93. The minimum absolute atomic E-state index is 0.0216. The Morgan fingerprint density at radius 2 is 1.54 bits per heavy atom. The highest BCUT2D eigenvalue weighted by Gasteiger charge is 2.22. The number of para-hydroxylation sites is 1. The van der Waals surface area contributed by atoms with Crippen molar-refractivity contribution in [3.63, 3.8) is 0 Å². The number of carbonyl (C=O) groups excluding carboxylic acids is 1. The second kappa shape index (κ2) is 8.64. The van der Waals surface area contributed by atoms with Gasteiger partial charge in [-0.05, 0) is 41.2 Å². The van der Waals surface area contributed by atoms with E-state index in [1.165, 1.54) is 32.3 Å². The van der Waals surface area contributed by atoms with Crippen molar-refractivity contribution in [1.29, 1.82) is 0 Å². The maximum atomic E-state index is 13.0. The number of halogens is 1. The number of rotatable bonds is 6. The monoisotopic (exact) mass is 422 g/mol. The van der Waals surface area contributed by atoms with Gasteiger partial charge in [0, 0.05) is 19.8 Å². The molecule has 152 valence electrons. The summed E-state index contributed by atoms with van der Waals surface area (Å²) in [4.78, 5) is 13.1. The third-order valence-electron chi connectivity index (χ3n) is 4.57. The molecule has 0 aliphatic rings. The molecule has 1 N–H and O–H groups in total. The van der Waals surface area contributed by atoms with Gasteiger partial charge in [-0.2, -0.15) is 0 Å². The zero-order valence-electron chi connectivity index (χ0n) is 17.1. The van der Waals surface area contributed by atoms with Gasteiger partial charge in [-0.15, -0.1) is 0 Å². The molecule has 0 aliphatic carbocycles. The predicted molar refractivity (Wildman–Crippen MR) is 115 cm³/mol. The van der Waals surface area contributed by atoms with Gasteiger partial charge in [0.1, 0.15) is 0 Å². The summed E-state index contributed by atoms with van der Waals surface area (Å²) < 4.78 is 25.9. The standard InChI is InChI=1S/C21H27ClN2O3S/c1-13(2)16-8-7-9-17(14(3)4)20(16)23-21(25)18-12-15(10-11-19(18)22)28(26,27)24(5)6/h7-14H,1-6H3,(H,23,25). The average Bonchev–Trinajstić information content (AvgIpc) is 2.61. The molecule has 0 atom stereocenters. The van der Waals surface area contributed by atoms with Crippen LogP contribution >= 0.6 is 11.6 Å². The molecule has 0 heterocycles. The molecule has 7 heteroatoms. The summed E-state index contributed by atoms with van der Waals surface area (Å²) in [5, 5.41) is 3.17. The van der Waals surface area contributed by atoms with E-state index in [9.17, 15) is 13.2 Å². The number of benzene rings is 2. The molecule has 0 saturated heterocycles. The van der Waals surface area contributed by atoms with E-state index in [0.717, 1.165) is 21.1 Å². The molecule has 2 rings (SSSR count). The highest BCUT2D eigenvalue weighted by Crippen LogP contribution is 2.33. The van der Waals surface area contributed by atoms with Crippen molar-refractivity contribution in [2.75, 3.05) is 19.4 Å².